The number of ether oxygens (including phenoxy) is 4. The molecule has 65 heavy (non-hydrogen) atoms. The highest BCUT2D eigenvalue weighted by Gasteiger charge is 2.27. The molecule has 352 valence electrons. The molecule has 0 amide bonds. The van der Waals surface area contributed by atoms with E-state index < -0.39 is 19.7 Å². The molecule has 1 aliphatic carbocycles. The van der Waals surface area contributed by atoms with E-state index in [-0.39, 0.29) is 23.7 Å². The molecule has 0 heterocycles. The third kappa shape index (κ3) is 16.5. The maximum absolute atomic E-state index is 12.7. The van der Waals surface area contributed by atoms with E-state index in [0.29, 0.717) is 35.3 Å². The largest absolute Gasteiger partial charge is 0.493 e. The van der Waals surface area contributed by atoms with Crippen LogP contribution in [0.15, 0.2) is 154 Å². The highest BCUT2D eigenvalue weighted by molar-refractivity contribution is 15.0. The molecule has 0 radical (unpaired) electrons. The molecule has 0 N–H and O–H groups in total. The van der Waals surface area contributed by atoms with Crippen molar-refractivity contribution in [1.82, 2.24) is 0 Å². The fraction of sp³-hybridized carbons (Fsp3) is 0.346. The minimum Gasteiger partial charge on any atom is -0.493 e. The summed E-state index contributed by atoms with van der Waals surface area (Å²) < 4.78 is 72.8. The average molecular weight is 1170 g/mol. The first-order valence-corrected chi connectivity index (χ1v) is 31.7. The Hall–Kier alpha value is -3.25. The zero-order chi connectivity index (χ0) is 48.0. The lowest BCUT2D eigenvalue weighted by Gasteiger charge is -2.29. The Morgan fingerprint density at radius 3 is 1.54 bits per heavy atom. The highest BCUT2D eigenvalue weighted by Crippen LogP contribution is 2.42. The Balaban J connectivity index is 0.000000278. The first-order chi connectivity index (χ1) is 31.2. The van der Waals surface area contributed by atoms with Crippen molar-refractivity contribution >= 4 is 79.3 Å². The van der Waals surface area contributed by atoms with Gasteiger partial charge in [0.2, 0.25) is 0 Å². The lowest BCUT2D eigenvalue weighted by molar-refractivity contribution is 0.0623. The van der Waals surface area contributed by atoms with Crippen molar-refractivity contribution in [3.05, 3.63) is 166 Å². The van der Waals surface area contributed by atoms with Gasteiger partial charge >= 0.3 is 0 Å². The van der Waals surface area contributed by atoms with Crippen LogP contribution in [0.1, 0.15) is 82.9 Å². The molecule has 13 heteroatoms. The predicted octanol–water partition coefficient (Wildman–Crippen LogP) is 14.1. The molecule has 6 rings (SSSR count). The van der Waals surface area contributed by atoms with Gasteiger partial charge in [-0.1, -0.05) is 108 Å². The Bertz CT molecular complexity index is 2560. The second-order valence-electron chi connectivity index (χ2n) is 15.0. The monoisotopic (exact) mass is 1170 g/mol. The molecule has 0 saturated heterocycles. The highest BCUT2D eigenvalue weighted by atomic mass is 128. The summed E-state index contributed by atoms with van der Waals surface area (Å²) in [6.45, 7) is 18.4. The van der Waals surface area contributed by atoms with Crippen LogP contribution in [0.2, 0.25) is 0 Å². The van der Waals surface area contributed by atoms with E-state index in [1.807, 2.05) is 78.0 Å². The molecule has 0 fully saturated rings. The lowest BCUT2D eigenvalue weighted by atomic mass is 9.88. The van der Waals surface area contributed by atoms with Crippen LogP contribution in [0, 0.1) is 6.92 Å². The van der Waals surface area contributed by atoms with Crippen molar-refractivity contribution < 1.29 is 35.8 Å². The Morgan fingerprint density at radius 2 is 1.05 bits per heavy atom. The molecule has 1 aliphatic rings. The number of hydrogen-bond donors (Lipinski definition) is 0. The van der Waals surface area contributed by atoms with Crippen molar-refractivity contribution in [2.75, 3.05) is 43.8 Å². The summed E-state index contributed by atoms with van der Waals surface area (Å²) in [5.74, 6) is 2.07. The topological polar surface area (TPSA) is 105 Å². The Kier molecular flexibility index (Phi) is 24.9. The number of rotatable bonds is 17. The molecule has 2 atom stereocenters. The SMILES string of the molecule is C/C(=C\CCl)CS(=O)(=O)c1ccccc1.CCOC1C=C(C)C(OCC)c2ccccc21.CCOc1c(C)c(C/C=C(\C)CS(=O)(=O)c2ccccc2)c(OCC)c2ccccc12.II. The van der Waals surface area contributed by atoms with E-state index in [4.69, 9.17) is 30.5 Å². The van der Waals surface area contributed by atoms with Gasteiger partial charge in [0.25, 0.3) is 0 Å². The summed E-state index contributed by atoms with van der Waals surface area (Å²) in [7, 11) is -6.58. The maximum Gasteiger partial charge on any atom is 0.182 e. The third-order valence-electron chi connectivity index (χ3n) is 10.3. The van der Waals surface area contributed by atoms with Gasteiger partial charge in [-0.15, -0.1) is 11.6 Å². The quantitative estimate of drug-likeness (QED) is 0.0515. The maximum atomic E-state index is 12.7. The summed E-state index contributed by atoms with van der Waals surface area (Å²) in [5.41, 5.74) is 7.35. The smallest absolute Gasteiger partial charge is 0.182 e. The number of fused-ring (bicyclic) bond motifs is 2. The first kappa shape index (κ1) is 56.1. The van der Waals surface area contributed by atoms with Gasteiger partial charge in [-0.25, -0.2) is 16.8 Å². The Morgan fingerprint density at radius 1 is 0.600 bits per heavy atom. The van der Waals surface area contributed by atoms with Crippen LogP contribution in [0.4, 0.5) is 0 Å². The van der Waals surface area contributed by atoms with Gasteiger partial charge in [-0.05, 0) is 114 Å². The van der Waals surface area contributed by atoms with E-state index in [0.717, 1.165) is 57.8 Å². The molecular formula is C52H63ClI2O8S2. The van der Waals surface area contributed by atoms with Crippen molar-refractivity contribution in [1.29, 1.82) is 0 Å². The van der Waals surface area contributed by atoms with Crippen LogP contribution in [0.25, 0.3) is 10.8 Å². The molecule has 5 aromatic rings. The average Bonchev–Trinajstić information content (AvgIpc) is 3.30. The number of halogens is 3. The molecule has 0 aliphatic heterocycles. The fourth-order valence-electron chi connectivity index (χ4n) is 7.36. The molecule has 0 spiro atoms. The fourth-order valence-corrected chi connectivity index (χ4v) is 10.5. The van der Waals surface area contributed by atoms with Gasteiger partial charge in [-0.2, -0.15) is 0 Å². The van der Waals surface area contributed by atoms with E-state index in [1.165, 1.54) is 16.7 Å². The minimum atomic E-state index is -3.37. The van der Waals surface area contributed by atoms with Crippen molar-refractivity contribution in [3.8, 4) is 11.5 Å². The summed E-state index contributed by atoms with van der Waals surface area (Å²) >= 11 is 9.74. The Labute approximate surface area is 417 Å². The summed E-state index contributed by atoms with van der Waals surface area (Å²) in [4.78, 5) is 0.700. The third-order valence-corrected chi connectivity index (χ3v) is 14.1. The van der Waals surface area contributed by atoms with E-state index in [9.17, 15) is 16.8 Å². The normalized spacial score (nSPS) is 14.9. The van der Waals surface area contributed by atoms with Crippen molar-refractivity contribution in [2.45, 2.75) is 83.8 Å². The zero-order valence-electron chi connectivity index (χ0n) is 38.7. The van der Waals surface area contributed by atoms with Gasteiger partial charge in [-0.3, -0.25) is 0 Å². The van der Waals surface area contributed by atoms with Crippen LogP contribution in [-0.4, -0.2) is 60.6 Å². The van der Waals surface area contributed by atoms with Gasteiger partial charge < -0.3 is 18.9 Å². The van der Waals surface area contributed by atoms with Crippen LogP contribution >= 0.6 is 48.8 Å². The predicted molar refractivity (Wildman–Crippen MR) is 287 cm³/mol. The molecule has 8 nitrogen and oxygen atoms in total. The van der Waals surface area contributed by atoms with Crippen molar-refractivity contribution in [3.63, 3.8) is 0 Å². The van der Waals surface area contributed by atoms with Gasteiger partial charge in [0.1, 0.15) is 23.7 Å². The van der Waals surface area contributed by atoms with E-state index in [2.05, 4.69) is 74.5 Å². The van der Waals surface area contributed by atoms with Gasteiger partial charge in [0, 0.05) is 72.7 Å². The molecule has 0 saturated carbocycles. The minimum absolute atomic E-state index is 0.00801. The van der Waals surface area contributed by atoms with E-state index in [1.54, 1.807) is 67.6 Å². The first-order valence-electron chi connectivity index (χ1n) is 21.6. The second-order valence-corrected chi connectivity index (χ2v) is 19.3. The molecular weight excluding hydrogens is 1110 g/mol. The number of benzene rings is 5. The molecule has 0 bridgehead atoms. The zero-order valence-corrected chi connectivity index (χ0v) is 45.4. The van der Waals surface area contributed by atoms with Crippen LogP contribution in [0.3, 0.4) is 0 Å². The summed E-state index contributed by atoms with van der Waals surface area (Å²) in [5, 5.41) is 2.04. The van der Waals surface area contributed by atoms with Gasteiger partial charge in [0.15, 0.2) is 19.7 Å². The molecule has 5 aromatic carbocycles. The standard InChI is InChI=1S/C26H30O4S.C15H20O2.C11H13ClO2S.I2/c1-5-29-25-20(4)22(26(30-6-2)24-15-11-10-14-23(24)25)17-16-19(3)18-31(27,28)21-12-8-7-9-13-21;1-4-16-14-10-11(3)15(17-5-2)13-9-7-6-8-12(13)14;1-10(7-8-12)9-15(13,14)11-5-3-2-4-6-11;1-2/h7-16H,5-6,17-18H2,1-4H3;6-10,14-15H,4-5H2,1-3H3;2-7H,8-9H2,1H3;/b19-16+;;10-7+;. The number of hydrogen-bond acceptors (Lipinski definition) is 8. The van der Waals surface area contributed by atoms with Crippen LogP contribution in [-0.2, 0) is 35.6 Å². The molecule has 0 aromatic heterocycles. The molecule has 2 unspecified atom stereocenters. The van der Waals surface area contributed by atoms with Crippen LogP contribution < -0.4 is 9.47 Å². The van der Waals surface area contributed by atoms with Crippen LogP contribution in [0.5, 0.6) is 11.5 Å². The lowest BCUT2D eigenvalue weighted by Crippen LogP contribution is -2.17. The van der Waals surface area contributed by atoms with Gasteiger partial charge in [0.05, 0.1) is 34.5 Å². The number of sulfone groups is 2. The number of allylic oxidation sites excluding steroid dienone is 2. The summed E-state index contributed by atoms with van der Waals surface area (Å²) in [6.07, 6.45) is 6.60. The number of alkyl halides is 1. The second kappa shape index (κ2) is 28.8. The summed E-state index contributed by atoms with van der Waals surface area (Å²) in [6, 6.07) is 33.5. The van der Waals surface area contributed by atoms with E-state index >= 15 is 0 Å². The van der Waals surface area contributed by atoms with Crippen molar-refractivity contribution in [2.24, 2.45) is 0 Å².